The lowest BCUT2D eigenvalue weighted by molar-refractivity contribution is -0.145. The summed E-state index contributed by atoms with van der Waals surface area (Å²) in [6, 6.07) is 4.91. The first kappa shape index (κ1) is 21.8. The zero-order valence-corrected chi connectivity index (χ0v) is 18.0. The number of hydrogen-bond acceptors (Lipinski definition) is 5. The summed E-state index contributed by atoms with van der Waals surface area (Å²) in [6.45, 7) is 4.41. The molecular weight excluding hydrogens is 392 g/mol. The minimum Gasteiger partial charge on any atom is -0.466 e. The number of nitrogens with one attached hydrogen (secondary N) is 1. The average Bonchev–Trinajstić information content (AvgIpc) is 3.11. The van der Waals surface area contributed by atoms with Crippen molar-refractivity contribution in [3.8, 4) is 0 Å². The van der Waals surface area contributed by atoms with Crippen molar-refractivity contribution in [2.45, 2.75) is 75.6 Å². The zero-order chi connectivity index (χ0) is 21.1. The molecule has 7 nitrogen and oxygen atoms in total. The second kappa shape index (κ2) is 8.83. The third kappa shape index (κ3) is 4.80. The topological polar surface area (TPSA) is 92.8 Å². The highest BCUT2D eigenvalue weighted by molar-refractivity contribution is 7.89. The summed E-state index contributed by atoms with van der Waals surface area (Å²) < 4.78 is 34.3. The van der Waals surface area contributed by atoms with Crippen LogP contribution in [-0.2, 0) is 30.8 Å². The predicted molar refractivity (Wildman–Crippen MR) is 110 cm³/mol. The van der Waals surface area contributed by atoms with Gasteiger partial charge in [-0.1, -0.05) is 26.2 Å². The maximum absolute atomic E-state index is 13.2. The monoisotopic (exact) mass is 422 g/mol. The van der Waals surface area contributed by atoms with Crippen LogP contribution in [0.15, 0.2) is 23.1 Å². The van der Waals surface area contributed by atoms with Gasteiger partial charge in [0.15, 0.2) is 0 Å². The molecule has 1 fully saturated rings. The van der Waals surface area contributed by atoms with Crippen LogP contribution in [0.1, 0.15) is 64.4 Å². The van der Waals surface area contributed by atoms with E-state index in [4.69, 9.17) is 4.74 Å². The van der Waals surface area contributed by atoms with Crippen molar-refractivity contribution in [1.82, 2.24) is 4.72 Å². The van der Waals surface area contributed by atoms with Crippen LogP contribution in [0.2, 0.25) is 0 Å². The minimum atomic E-state index is -3.80. The van der Waals surface area contributed by atoms with Crippen LogP contribution in [0, 0.1) is 0 Å². The van der Waals surface area contributed by atoms with Crippen LogP contribution < -0.4 is 9.62 Å². The van der Waals surface area contributed by atoms with Crippen molar-refractivity contribution in [1.29, 1.82) is 0 Å². The number of fused-ring (bicyclic) bond motifs is 1. The highest BCUT2D eigenvalue weighted by Gasteiger charge is 2.39. The molecular formula is C21H30N2O5S. The van der Waals surface area contributed by atoms with E-state index >= 15 is 0 Å². The Kier molecular flexibility index (Phi) is 6.63. The van der Waals surface area contributed by atoms with Crippen molar-refractivity contribution >= 4 is 27.6 Å². The molecule has 29 heavy (non-hydrogen) atoms. The van der Waals surface area contributed by atoms with Gasteiger partial charge in [-0.3, -0.25) is 9.59 Å². The van der Waals surface area contributed by atoms with E-state index in [0.29, 0.717) is 32.2 Å². The Morgan fingerprint density at radius 3 is 2.55 bits per heavy atom. The maximum Gasteiger partial charge on any atom is 0.307 e. The fraction of sp³-hybridized carbons (Fsp3) is 0.619. The van der Waals surface area contributed by atoms with E-state index in [0.717, 1.165) is 30.5 Å². The molecule has 0 spiro atoms. The van der Waals surface area contributed by atoms with Crippen molar-refractivity contribution in [3.63, 3.8) is 0 Å². The highest BCUT2D eigenvalue weighted by Crippen LogP contribution is 2.35. The molecule has 8 heteroatoms. The number of esters is 1. The summed E-state index contributed by atoms with van der Waals surface area (Å²) in [5.74, 6) is -0.340. The number of benzene rings is 1. The molecule has 1 aromatic carbocycles. The number of anilines is 1. The molecule has 1 aliphatic carbocycles. The van der Waals surface area contributed by atoms with Crippen LogP contribution in [0.5, 0.6) is 0 Å². The number of carbonyl (C=O) groups is 2. The van der Waals surface area contributed by atoms with Crippen molar-refractivity contribution in [2.75, 3.05) is 18.1 Å². The molecule has 1 aliphatic heterocycles. The van der Waals surface area contributed by atoms with Gasteiger partial charge in [0, 0.05) is 24.2 Å². The molecule has 1 saturated carbocycles. The van der Waals surface area contributed by atoms with Crippen LogP contribution in [-0.4, -0.2) is 39.0 Å². The van der Waals surface area contributed by atoms with Crippen molar-refractivity contribution in [2.24, 2.45) is 0 Å². The quantitative estimate of drug-likeness (QED) is 0.682. The average molecular weight is 423 g/mol. The Balaban J connectivity index is 1.84. The number of amides is 1. The first-order chi connectivity index (χ1) is 13.8. The third-order valence-corrected chi connectivity index (χ3v) is 7.39. The van der Waals surface area contributed by atoms with Gasteiger partial charge in [-0.2, -0.15) is 0 Å². The molecule has 0 radical (unpaired) electrons. The van der Waals surface area contributed by atoms with Crippen LogP contribution in [0.3, 0.4) is 0 Å². The number of carbonyl (C=O) groups excluding carboxylic acids is 2. The smallest absolute Gasteiger partial charge is 0.307 e. The number of ether oxygens (including phenoxy) is 1. The van der Waals surface area contributed by atoms with E-state index in [2.05, 4.69) is 4.72 Å². The molecule has 0 bridgehead atoms. The summed E-state index contributed by atoms with van der Waals surface area (Å²) in [5, 5.41) is 0. The Bertz CT molecular complexity index is 875. The van der Waals surface area contributed by atoms with E-state index < -0.39 is 15.6 Å². The zero-order valence-electron chi connectivity index (χ0n) is 17.2. The lowest BCUT2D eigenvalue weighted by Gasteiger charge is -2.37. The van der Waals surface area contributed by atoms with Gasteiger partial charge in [0.25, 0.3) is 0 Å². The summed E-state index contributed by atoms with van der Waals surface area (Å²) >= 11 is 0. The van der Waals surface area contributed by atoms with Gasteiger partial charge < -0.3 is 9.64 Å². The highest BCUT2D eigenvalue weighted by atomic mass is 32.2. The third-order valence-electron chi connectivity index (χ3n) is 5.81. The van der Waals surface area contributed by atoms with E-state index in [-0.39, 0.29) is 29.8 Å². The minimum absolute atomic E-state index is 0.0353. The summed E-state index contributed by atoms with van der Waals surface area (Å²) in [4.78, 5) is 26.1. The molecule has 3 rings (SSSR count). The SMILES string of the molecule is CCOC(=O)CC1(NS(=O)(=O)c2ccc3c(c2)CCN3C(=O)CC)CCCCC1. The number of nitrogens with zero attached hydrogens (tertiary/aromatic N) is 1. The molecule has 160 valence electrons. The molecule has 0 saturated heterocycles. The van der Waals surface area contributed by atoms with E-state index in [1.165, 1.54) is 0 Å². The molecule has 0 aromatic heterocycles. The fourth-order valence-corrected chi connectivity index (χ4v) is 5.88. The lowest BCUT2D eigenvalue weighted by atomic mass is 9.80. The molecule has 1 N–H and O–H groups in total. The Hall–Kier alpha value is -1.93. The normalized spacial score (nSPS) is 18.3. The van der Waals surface area contributed by atoms with Crippen LogP contribution in [0.25, 0.3) is 0 Å². The van der Waals surface area contributed by atoms with Gasteiger partial charge in [-0.25, -0.2) is 13.1 Å². The first-order valence-electron chi connectivity index (χ1n) is 10.4. The van der Waals surface area contributed by atoms with Gasteiger partial charge in [-0.05, 0) is 49.9 Å². The molecule has 1 amide bonds. The van der Waals surface area contributed by atoms with Crippen LogP contribution >= 0.6 is 0 Å². The van der Waals surface area contributed by atoms with E-state index in [9.17, 15) is 18.0 Å². The van der Waals surface area contributed by atoms with Gasteiger partial charge in [0.05, 0.1) is 17.9 Å². The number of rotatable bonds is 7. The first-order valence-corrected chi connectivity index (χ1v) is 11.9. The predicted octanol–water partition coefficient (Wildman–Crippen LogP) is 2.92. The van der Waals surface area contributed by atoms with E-state index in [1.54, 1.807) is 30.0 Å². The Morgan fingerprint density at radius 2 is 1.90 bits per heavy atom. The summed E-state index contributed by atoms with van der Waals surface area (Å²) in [5.41, 5.74) is 0.847. The molecule has 2 aliphatic rings. The van der Waals surface area contributed by atoms with Crippen molar-refractivity contribution in [3.05, 3.63) is 23.8 Å². The fourth-order valence-electron chi connectivity index (χ4n) is 4.37. The van der Waals surface area contributed by atoms with Gasteiger partial charge in [-0.15, -0.1) is 0 Å². The number of sulfonamides is 1. The lowest BCUT2D eigenvalue weighted by Crippen LogP contribution is -2.51. The number of hydrogen-bond donors (Lipinski definition) is 1. The van der Waals surface area contributed by atoms with Crippen LogP contribution in [0.4, 0.5) is 5.69 Å². The molecule has 0 unspecified atom stereocenters. The molecule has 1 heterocycles. The second-order valence-corrected chi connectivity index (χ2v) is 9.55. The molecule has 1 aromatic rings. The maximum atomic E-state index is 13.2. The standard InChI is InChI=1S/C21H30N2O5S/c1-3-19(24)23-13-10-16-14-17(8-9-18(16)23)29(26,27)22-21(11-6-5-7-12-21)15-20(25)28-4-2/h8-9,14,22H,3-7,10-13,15H2,1-2H3. The van der Waals surface area contributed by atoms with Gasteiger partial charge in [0.1, 0.15) is 0 Å². The largest absolute Gasteiger partial charge is 0.466 e. The van der Waals surface area contributed by atoms with Gasteiger partial charge in [0.2, 0.25) is 15.9 Å². The van der Waals surface area contributed by atoms with Gasteiger partial charge >= 0.3 is 5.97 Å². The Labute approximate surface area is 172 Å². The summed E-state index contributed by atoms with van der Waals surface area (Å²) in [7, 11) is -3.80. The van der Waals surface area contributed by atoms with E-state index in [1.807, 2.05) is 6.92 Å². The Morgan fingerprint density at radius 1 is 1.17 bits per heavy atom. The second-order valence-electron chi connectivity index (χ2n) is 7.87. The van der Waals surface area contributed by atoms with Crippen molar-refractivity contribution < 1.29 is 22.7 Å². The molecule has 0 atom stereocenters. The summed E-state index contributed by atoms with van der Waals surface area (Å²) in [6.07, 6.45) is 5.12.